The van der Waals surface area contributed by atoms with E-state index in [0.29, 0.717) is 25.1 Å². The molecule has 184 valence electrons. The Bertz CT molecular complexity index is 1080. The van der Waals surface area contributed by atoms with Crippen LogP contribution in [0.5, 0.6) is 0 Å². The molecule has 3 aromatic heterocycles. The fraction of sp³-hybridized carbons (Fsp3) is 0.583. The van der Waals surface area contributed by atoms with Crippen molar-refractivity contribution >= 4 is 28.6 Å². The van der Waals surface area contributed by atoms with Crippen molar-refractivity contribution in [3.8, 4) is 0 Å². The van der Waals surface area contributed by atoms with Gasteiger partial charge in [0.25, 0.3) is 0 Å². The lowest BCUT2D eigenvalue weighted by Gasteiger charge is -2.31. The lowest BCUT2D eigenvalue weighted by atomic mass is 10.1. The van der Waals surface area contributed by atoms with Gasteiger partial charge in [-0.15, -0.1) is 0 Å². The van der Waals surface area contributed by atoms with E-state index >= 15 is 0 Å². The summed E-state index contributed by atoms with van der Waals surface area (Å²) >= 11 is 0. The van der Waals surface area contributed by atoms with Crippen LogP contribution in [-0.2, 0) is 16.1 Å². The summed E-state index contributed by atoms with van der Waals surface area (Å²) < 4.78 is 13.6. The Morgan fingerprint density at radius 1 is 1.15 bits per heavy atom. The molecule has 34 heavy (non-hydrogen) atoms. The van der Waals surface area contributed by atoms with Gasteiger partial charge in [-0.2, -0.15) is 4.98 Å². The Labute approximate surface area is 201 Å². The third kappa shape index (κ3) is 5.81. The summed E-state index contributed by atoms with van der Waals surface area (Å²) in [6.45, 7) is 8.10. The van der Waals surface area contributed by atoms with Crippen LogP contribution in [0.1, 0.15) is 38.6 Å². The van der Waals surface area contributed by atoms with Gasteiger partial charge in [-0.3, -0.25) is 0 Å². The number of nitrogens with zero attached hydrogens (tertiary/aromatic N) is 7. The minimum atomic E-state index is 0.244. The fourth-order valence-electron chi connectivity index (χ4n) is 4.20. The molecule has 0 unspecified atom stereocenters. The van der Waals surface area contributed by atoms with Crippen LogP contribution in [-0.4, -0.2) is 83.0 Å². The van der Waals surface area contributed by atoms with Crippen molar-refractivity contribution in [2.75, 3.05) is 57.7 Å². The van der Waals surface area contributed by atoms with Crippen molar-refractivity contribution < 1.29 is 9.47 Å². The van der Waals surface area contributed by atoms with E-state index in [9.17, 15) is 0 Å². The highest BCUT2D eigenvalue weighted by atomic mass is 16.5. The average Bonchev–Trinajstić information content (AvgIpc) is 3.20. The van der Waals surface area contributed by atoms with Crippen LogP contribution in [0.25, 0.3) is 11.0 Å². The second kappa shape index (κ2) is 11.1. The number of likely N-dealkylation sites (N-methyl/N-ethyl adjacent to an activating group) is 1. The van der Waals surface area contributed by atoms with Crippen LogP contribution in [0.4, 0.5) is 17.6 Å². The molecule has 0 aromatic carbocycles. The maximum atomic E-state index is 5.87. The molecule has 3 aromatic rings. The monoisotopic (exact) mass is 468 g/mol. The molecule has 0 atom stereocenters. The van der Waals surface area contributed by atoms with Gasteiger partial charge in [-0.05, 0) is 46.9 Å². The standard InChI is InChI=1S/C24H36N8O2/c1-17(2)32-20-14-22(26-15-19(20)27-23(32)16-34-13-12-30(3)4)28-21-6-9-25-24(29-21)31-10-7-18(33-5)8-11-31/h6,9,14-15,17-18H,7-8,10-13,16H2,1-5H3,(H,25,26,28,29). The largest absolute Gasteiger partial charge is 0.381 e. The van der Waals surface area contributed by atoms with E-state index < -0.39 is 0 Å². The Hall–Kier alpha value is -2.82. The Morgan fingerprint density at radius 2 is 1.94 bits per heavy atom. The second-order valence-corrected chi connectivity index (χ2v) is 9.19. The number of aromatic nitrogens is 5. The van der Waals surface area contributed by atoms with E-state index in [1.54, 1.807) is 19.5 Å². The number of fused-ring (bicyclic) bond motifs is 1. The summed E-state index contributed by atoms with van der Waals surface area (Å²) in [5.74, 6) is 3.07. The number of methoxy groups -OCH3 is 1. The zero-order chi connectivity index (χ0) is 24.1. The molecular formula is C24H36N8O2. The molecule has 0 aliphatic carbocycles. The molecule has 1 N–H and O–H groups in total. The van der Waals surface area contributed by atoms with Crippen LogP contribution in [0.15, 0.2) is 24.5 Å². The van der Waals surface area contributed by atoms with Gasteiger partial charge in [-0.25, -0.2) is 15.0 Å². The molecule has 10 nitrogen and oxygen atoms in total. The average molecular weight is 469 g/mol. The molecule has 1 aliphatic heterocycles. The van der Waals surface area contributed by atoms with E-state index in [1.807, 2.05) is 26.2 Å². The van der Waals surface area contributed by atoms with E-state index in [2.05, 4.69) is 43.5 Å². The summed E-state index contributed by atoms with van der Waals surface area (Å²) in [7, 11) is 5.85. The highest BCUT2D eigenvalue weighted by Gasteiger charge is 2.21. The van der Waals surface area contributed by atoms with Crippen LogP contribution in [0.3, 0.4) is 0 Å². The first-order valence-corrected chi connectivity index (χ1v) is 11.9. The molecule has 1 fully saturated rings. The Balaban J connectivity index is 1.50. The number of rotatable bonds is 10. The molecule has 0 amide bonds. The summed E-state index contributed by atoms with van der Waals surface area (Å²) in [4.78, 5) is 22.9. The molecule has 0 spiro atoms. The van der Waals surface area contributed by atoms with Crippen molar-refractivity contribution in [1.29, 1.82) is 0 Å². The molecule has 0 radical (unpaired) electrons. The van der Waals surface area contributed by atoms with E-state index in [-0.39, 0.29) is 6.04 Å². The molecule has 4 rings (SSSR count). The highest BCUT2D eigenvalue weighted by molar-refractivity contribution is 5.79. The Morgan fingerprint density at radius 3 is 2.65 bits per heavy atom. The number of hydrogen-bond acceptors (Lipinski definition) is 9. The number of imidazole rings is 1. The number of nitrogens with one attached hydrogen (secondary N) is 1. The normalized spacial score (nSPS) is 15.1. The van der Waals surface area contributed by atoms with Gasteiger partial charge in [0.05, 0.1) is 24.4 Å². The van der Waals surface area contributed by atoms with E-state index in [1.165, 1.54) is 0 Å². The van der Waals surface area contributed by atoms with Crippen molar-refractivity contribution in [2.45, 2.75) is 45.4 Å². The number of hydrogen-bond donors (Lipinski definition) is 1. The highest BCUT2D eigenvalue weighted by Crippen LogP contribution is 2.25. The van der Waals surface area contributed by atoms with Crippen LogP contribution in [0, 0.1) is 0 Å². The van der Waals surface area contributed by atoms with Crippen LogP contribution < -0.4 is 10.2 Å². The first-order chi connectivity index (χ1) is 16.4. The Kier molecular flexibility index (Phi) is 7.91. The molecule has 1 aliphatic rings. The minimum absolute atomic E-state index is 0.244. The maximum absolute atomic E-state index is 5.87. The van der Waals surface area contributed by atoms with Crippen molar-refractivity contribution in [3.05, 3.63) is 30.4 Å². The van der Waals surface area contributed by atoms with Crippen molar-refractivity contribution in [2.24, 2.45) is 0 Å². The lowest BCUT2D eigenvalue weighted by Crippen LogP contribution is -2.37. The quantitative estimate of drug-likeness (QED) is 0.450. The molecule has 4 heterocycles. The van der Waals surface area contributed by atoms with Crippen molar-refractivity contribution in [1.82, 2.24) is 29.4 Å². The summed E-state index contributed by atoms with van der Waals surface area (Å²) in [5, 5.41) is 3.34. The van der Waals surface area contributed by atoms with Gasteiger partial charge in [0.15, 0.2) is 0 Å². The predicted molar refractivity (Wildman–Crippen MR) is 134 cm³/mol. The summed E-state index contributed by atoms with van der Waals surface area (Å²) in [5.41, 5.74) is 1.88. The SMILES string of the molecule is COC1CCN(c2nccc(Nc3cc4c(cn3)nc(COCCN(C)C)n4C(C)C)n2)CC1. The second-order valence-electron chi connectivity index (χ2n) is 9.19. The number of piperidine rings is 1. The smallest absolute Gasteiger partial charge is 0.227 e. The first-order valence-electron chi connectivity index (χ1n) is 11.9. The fourth-order valence-corrected chi connectivity index (χ4v) is 4.20. The third-order valence-electron chi connectivity index (χ3n) is 6.04. The van der Waals surface area contributed by atoms with Gasteiger partial charge in [0.1, 0.15) is 29.6 Å². The maximum Gasteiger partial charge on any atom is 0.227 e. The van der Waals surface area contributed by atoms with Crippen molar-refractivity contribution in [3.63, 3.8) is 0 Å². The molecule has 0 bridgehead atoms. The van der Waals surface area contributed by atoms with Crippen LogP contribution >= 0.6 is 0 Å². The zero-order valence-electron chi connectivity index (χ0n) is 20.9. The predicted octanol–water partition coefficient (Wildman–Crippen LogP) is 3.24. The van der Waals surface area contributed by atoms with E-state index in [4.69, 9.17) is 19.4 Å². The third-order valence-corrected chi connectivity index (χ3v) is 6.04. The topological polar surface area (TPSA) is 93.5 Å². The number of pyridine rings is 1. The molecule has 1 saturated heterocycles. The summed E-state index contributed by atoms with van der Waals surface area (Å²) in [6, 6.07) is 4.13. The van der Waals surface area contributed by atoms with Gasteiger partial charge >= 0.3 is 0 Å². The molecule has 0 saturated carbocycles. The molecule has 10 heteroatoms. The van der Waals surface area contributed by atoms with Gasteiger partial charge in [-0.1, -0.05) is 0 Å². The van der Waals surface area contributed by atoms with Gasteiger partial charge in [0, 0.05) is 45.0 Å². The van der Waals surface area contributed by atoms with Crippen LogP contribution in [0.2, 0.25) is 0 Å². The lowest BCUT2D eigenvalue weighted by molar-refractivity contribution is 0.0816. The summed E-state index contributed by atoms with van der Waals surface area (Å²) in [6.07, 6.45) is 5.87. The number of ether oxygens (including phenoxy) is 2. The zero-order valence-corrected chi connectivity index (χ0v) is 20.9. The minimum Gasteiger partial charge on any atom is -0.381 e. The number of anilines is 3. The molecular weight excluding hydrogens is 432 g/mol. The van der Waals surface area contributed by atoms with Gasteiger partial charge in [0.2, 0.25) is 5.95 Å². The van der Waals surface area contributed by atoms with E-state index in [0.717, 1.165) is 61.1 Å². The van der Waals surface area contributed by atoms with Gasteiger partial charge < -0.3 is 29.2 Å². The first kappa shape index (κ1) is 24.3.